The van der Waals surface area contributed by atoms with Crippen molar-refractivity contribution in [1.82, 2.24) is 4.90 Å². The molecule has 1 aromatic carbocycles. The Morgan fingerprint density at radius 1 is 1.26 bits per heavy atom. The molecule has 0 aliphatic carbocycles. The number of benzene rings is 1. The highest BCUT2D eigenvalue weighted by molar-refractivity contribution is 9.11. The van der Waals surface area contributed by atoms with Crippen LogP contribution in [0, 0.1) is 0 Å². The number of carbonyl (C=O) groups is 3. The summed E-state index contributed by atoms with van der Waals surface area (Å²) >= 11 is 3.16. The van der Waals surface area contributed by atoms with Crippen LogP contribution in [0.1, 0.15) is 31.4 Å². The Labute approximate surface area is 205 Å². The van der Waals surface area contributed by atoms with Gasteiger partial charge < -0.3 is 29.2 Å². The number of carbonyl (C=O) groups excluding carboxylic acids is 3. The number of imide groups is 1. The smallest absolute Gasteiger partial charge is 0.417 e. The van der Waals surface area contributed by atoms with E-state index in [2.05, 4.69) is 15.9 Å². The molecule has 10 nitrogen and oxygen atoms in total. The summed E-state index contributed by atoms with van der Waals surface area (Å²) in [5.41, 5.74) is 0.724. The van der Waals surface area contributed by atoms with Crippen LogP contribution in [0.5, 0.6) is 0 Å². The second kappa shape index (κ2) is 11.5. The van der Waals surface area contributed by atoms with Crippen LogP contribution in [0.15, 0.2) is 40.9 Å². The van der Waals surface area contributed by atoms with Crippen LogP contribution in [0.25, 0.3) is 0 Å². The zero-order valence-corrected chi connectivity index (χ0v) is 20.5. The quantitative estimate of drug-likeness (QED) is 0.425. The summed E-state index contributed by atoms with van der Waals surface area (Å²) in [6.07, 6.45) is -2.99. The fourth-order valence-electron chi connectivity index (χ4n) is 3.95. The van der Waals surface area contributed by atoms with Crippen molar-refractivity contribution in [1.29, 1.82) is 0 Å². The molecule has 5 unspecified atom stereocenters. The van der Waals surface area contributed by atoms with Gasteiger partial charge in [0.1, 0.15) is 6.10 Å². The Morgan fingerprint density at radius 2 is 1.97 bits per heavy atom. The molecule has 0 bridgehead atoms. The van der Waals surface area contributed by atoms with E-state index < -0.39 is 47.9 Å². The summed E-state index contributed by atoms with van der Waals surface area (Å²) in [5, 5.41) is 19.8. The van der Waals surface area contributed by atoms with Crippen molar-refractivity contribution >= 4 is 33.7 Å². The molecule has 3 rings (SSSR count). The molecule has 186 valence electrons. The minimum Gasteiger partial charge on any atom is -0.439 e. The number of rotatable bonds is 10. The molecule has 2 heterocycles. The van der Waals surface area contributed by atoms with Gasteiger partial charge in [-0.15, -0.1) is 0 Å². The summed E-state index contributed by atoms with van der Waals surface area (Å²) in [4.78, 5) is 39.6. The minimum atomic E-state index is -1.90. The number of ether oxygens (including phenoxy) is 4. The SMILES string of the molecule is COC(C(=O)N1C(=O)OC(c2ccccc2)C1C)C1OC(O)(CCCOCCO)C(Br)=CC1=O. The highest BCUT2D eigenvalue weighted by Crippen LogP contribution is 2.37. The van der Waals surface area contributed by atoms with Crippen molar-refractivity contribution in [2.45, 2.75) is 49.9 Å². The number of hydrogen-bond acceptors (Lipinski definition) is 9. The highest BCUT2D eigenvalue weighted by Gasteiger charge is 2.51. The Bertz CT molecular complexity index is 924. The van der Waals surface area contributed by atoms with Crippen molar-refractivity contribution in [2.24, 2.45) is 0 Å². The van der Waals surface area contributed by atoms with E-state index in [1.54, 1.807) is 31.2 Å². The van der Waals surface area contributed by atoms with Crippen molar-refractivity contribution in [3.05, 3.63) is 46.5 Å². The van der Waals surface area contributed by atoms with Crippen molar-refractivity contribution in [3.63, 3.8) is 0 Å². The molecule has 2 N–H and O–H groups in total. The molecule has 5 atom stereocenters. The summed E-state index contributed by atoms with van der Waals surface area (Å²) in [7, 11) is 1.22. The number of nitrogens with zero attached hydrogens (tertiary/aromatic N) is 1. The molecular formula is C23H28BrNO9. The van der Waals surface area contributed by atoms with E-state index >= 15 is 0 Å². The maximum atomic E-state index is 13.4. The van der Waals surface area contributed by atoms with Crippen LogP contribution in [0.2, 0.25) is 0 Å². The predicted octanol–water partition coefficient (Wildman–Crippen LogP) is 1.83. The van der Waals surface area contributed by atoms with Gasteiger partial charge in [-0.25, -0.2) is 9.69 Å². The lowest BCUT2D eigenvalue weighted by Crippen LogP contribution is -2.56. The maximum Gasteiger partial charge on any atom is 0.417 e. The monoisotopic (exact) mass is 541 g/mol. The number of methoxy groups -OCH3 is 1. The molecule has 2 aliphatic rings. The second-order valence-electron chi connectivity index (χ2n) is 7.98. The fourth-order valence-corrected chi connectivity index (χ4v) is 4.47. The zero-order valence-electron chi connectivity index (χ0n) is 18.9. The Morgan fingerprint density at radius 3 is 2.62 bits per heavy atom. The fraction of sp³-hybridized carbons (Fsp3) is 0.522. The van der Waals surface area contributed by atoms with Crippen molar-refractivity contribution < 1.29 is 43.5 Å². The van der Waals surface area contributed by atoms with E-state index in [4.69, 9.17) is 24.1 Å². The number of halogens is 1. The van der Waals surface area contributed by atoms with Gasteiger partial charge >= 0.3 is 6.09 Å². The van der Waals surface area contributed by atoms with Gasteiger partial charge in [-0.3, -0.25) is 9.59 Å². The predicted molar refractivity (Wildman–Crippen MR) is 122 cm³/mol. The van der Waals surface area contributed by atoms with E-state index in [0.29, 0.717) is 6.42 Å². The third-order valence-corrected chi connectivity index (χ3v) is 6.54. The minimum absolute atomic E-state index is 0.0438. The van der Waals surface area contributed by atoms with Gasteiger partial charge in [-0.2, -0.15) is 0 Å². The van der Waals surface area contributed by atoms with Gasteiger partial charge in [0.25, 0.3) is 5.91 Å². The van der Waals surface area contributed by atoms with Crippen molar-refractivity contribution in [2.75, 3.05) is 26.9 Å². The van der Waals surface area contributed by atoms with Crippen LogP contribution in [-0.4, -0.2) is 83.9 Å². The summed E-state index contributed by atoms with van der Waals surface area (Å²) in [6, 6.07) is 8.34. The van der Waals surface area contributed by atoms with Gasteiger partial charge in [-0.1, -0.05) is 30.3 Å². The normalized spacial score (nSPS) is 28.0. The zero-order chi connectivity index (χ0) is 24.9. The molecule has 11 heteroatoms. The number of cyclic esters (lactones) is 1. The third-order valence-electron chi connectivity index (χ3n) is 5.69. The van der Waals surface area contributed by atoms with E-state index in [1.807, 2.05) is 6.07 Å². The van der Waals surface area contributed by atoms with E-state index in [0.717, 1.165) is 16.5 Å². The molecule has 1 fully saturated rings. The third kappa shape index (κ3) is 5.56. The average Bonchev–Trinajstić information content (AvgIpc) is 3.12. The Kier molecular flexibility index (Phi) is 8.96. The highest BCUT2D eigenvalue weighted by atomic mass is 79.9. The summed E-state index contributed by atoms with van der Waals surface area (Å²) in [6.45, 7) is 1.94. The molecule has 0 spiro atoms. The van der Waals surface area contributed by atoms with Gasteiger partial charge in [0, 0.05) is 20.1 Å². The molecule has 0 radical (unpaired) electrons. The number of ketones is 1. The topological polar surface area (TPSA) is 132 Å². The largest absolute Gasteiger partial charge is 0.439 e. The molecule has 2 amide bonds. The Balaban J connectivity index is 1.76. The molecule has 1 aromatic rings. The Hall–Kier alpha value is -2.15. The van der Waals surface area contributed by atoms with Crippen LogP contribution in [0.4, 0.5) is 4.79 Å². The lowest BCUT2D eigenvalue weighted by atomic mass is 9.98. The van der Waals surface area contributed by atoms with E-state index in [9.17, 15) is 19.5 Å². The number of hydrogen-bond donors (Lipinski definition) is 2. The van der Waals surface area contributed by atoms with Gasteiger partial charge in [0.05, 0.1) is 23.7 Å². The van der Waals surface area contributed by atoms with Gasteiger partial charge in [-0.05, 0) is 40.9 Å². The number of amides is 2. The van der Waals surface area contributed by atoms with E-state index in [1.165, 1.54) is 7.11 Å². The first-order chi connectivity index (χ1) is 16.2. The number of aliphatic hydroxyl groups excluding tert-OH is 1. The first kappa shape index (κ1) is 26.5. The van der Waals surface area contributed by atoms with Gasteiger partial charge in [0.15, 0.2) is 23.8 Å². The lowest BCUT2D eigenvalue weighted by molar-refractivity contribution is -0.227. The lowest BCUT2D eigenvalue weighted by Gasteiger charge is -2.38. The second-order valence-corrected chi connectivity index (χ2v) is 8.83. The van der Waals surface area contributed by atoms with Gasteiger partial charge in [0.2, 0.25) is 0 Å². The first-order valence-corrected chi connectivity index (χ1v) is 11.6. The first-order valence-electron chi connectivity index (χ1n) is 10.8. The molecule has 34 heavy (non-hydrogen) atoms. The average molecular weight is 542 g/mol. The van der Waals surface area contributed by atoms with E-state index in [-0.39, 0.29) is 30.7 Å². The van der Waals surface area contributed by atoms with Crippen LogP contribution in [-0.2, 0) is 28.5 Å². The van der Waals surface area contributed by atoms with Crippen LogP contribution in [0.3, 0.4) is 0 Å². The summed E-state index contributed by atoms with van der Waals surface area (Å²) in [5.74, 6) is -3.31. The van der Waals surface area contributed by atoms with Crippen molar-refractivity contribution in [3.8, 4) is 0 Å². The van der Waals surface area contributed by atoms with Crippen LogP contribution >= 0.6 is 15.9 Å². The standard InChI is InChI=1S/C23H28BrNO9/c1-14-18(15-7-4-3-5-8-15)33-22(29)25(14)21(28)20(31-2)19-16(27)13-17(24)23(30,34-19)9-6-11-32-12-10-26/h3-5,7-8,13-14,18-20,26,30H,6,9-12H2,1-2H3. The van der Waals surface area contributed by atoms with Crippen LogP contribution < -0.4 is 0 Å². The molecular weight excluding hydrogens is 514 g/mol. The molecule has 0 saturated carbocycles. The summed E-state index contributed by atoms with van der Waals surface area (Å²) < 4.78 is 21.7. The molecule has 2 aliphatic heterocycles. The molecule has 0 aromatic heterocycles. The maximum absolute atomic E-state index is 13.4. The molecule has 1 saturated heterocycles. The number of aliphatic hydroxyl groups is 2.